The van der Waals surface area contributed by atoms with Crippen molar-refractivity contribution in [3.63, 3.8) is 0 Å². The average Bonchev–Trinajstić information content (AvgIpc) is 3.15. The Morgan fingerprint density at radius 1 is 1.00 bits per heavy atom. The van der Waals surface area contributed by atoms with Gasteiger partial charge in [-0.1, -0.05) is 6.07 Å². The third-order valence-electron chi connectivity index (χ3n) is 3.88. The van der Waals surface area contributed by atoms with E-state index in [-0.39, 0.29) is 30.4 Å². The van der Waals surface area contributed by atoms with Crippen LogP contribution in [0.4, 0.5) is 13.2 Å². The molecular weight excluding hydrogens is 377 g/mol. The minimum Gasteiger partial charge on any atom is -0.336 e. The van der Waals surface area contributed by atoms with Crippen molar-refractivity contribution in [2.75, 3.05) is 26.2 Å². The summed E-state index contributed by atoms with van der Waals surface area (Å²) in [5, 5.41) is 1.65. The van der Waals surface area contributed by atoms with Crippen LogP contribution >= 0.6 is 11.3 Å². The van der Waals surface area contributed by atoms with E-state index in [1.807, 2.05) is 0 Å². The van der Waals surface area contributed by atoms with Gasteiger partial charge in [0.25, 0.3) is 15.9 Å². The van der Waals surface area contributed by atoms with Gasteiger partial charge in [0.2, 0.25) is 0 Å². The lowest BCUT2D eigenvalue weighted by molar-refractivity contribution is 0.0692. The molecule has 25 heavy (non-hydrogen) atoms. The Kier molecular flexibility index (Phi) is 4.85. The number of nitrogens with zero attached hydrogens (tertiary/aromatic N) is 2. The number of piperazine rings is 1. The lowest BCUT2D eigenvalue weighted by atomic mass is 10.1. The summed E-state index contributed by atoms with van der Waals surface area (Å²) in [7, 11) is -3.62. The summed E-state index contributed by atoms with van der Waals surface area (Å²) in [5.41, 5.74) is -0.575. The van der Waals surface area contributed by atoms with Crippen molar-refractivity contribution in [1.82, 2.24) is 9.21 Å². The van der Waals surface area contributed by atoms with E-state index in [0.29, 0.717) is 6.07 Å². The average molecular weight is 390 g/mol. The van der Waals surface area contributed by atoms with Crippen LogP contribution in [-0.4, -0.2) is 49.7 Å². The summed E-state index contributed by atoms with van der Waals surface area (Å²) < 4.78 is 66.3. The van der Waals surface area contributed by atoms with Crippen LogP contribution < -0.4 is 0 Å². The fourth-order valence-corrected chi connectivity index (χ4v) is 5.10. The fraction of sp³-hybridized carbons (Fsp3) is 0.267. The van der Waals surface area contributed by atoms with E-state index in [1.165, 1.54) is 15.3 Å². The van der Waals surface area contributed by atoms with Crippen LogP contribution in [-0.2, 0) is 10.0 Å². The zero-order chi connectivity index (χ0) is 18.2. The van der Waals surface area contributed by atoms with Gasteiger partial charge < -0.3 is 4.90 Å². The summed E-state index contributed by atoms with van der Waals surface area (Å²) in [4.78, 5) is 13.5. The highest BCUT2D eigenvalue weighted by molar-refractivity contribution is 7.91. The summed E-state index contributed by atoms with van der Waals surface area (Å²) in [6.07, 6.45) is 0. The molecule has 1 aliphatic rings. The number of hydrogen-bond acceptors (Lipinski definition) is 4. The zero-order valence-corrected chi connectivity index (χ0v) is 14.4. The standard InChI is InChI=1S/C15H13F3N2O3S2/c16-11-4-3-10(13(17)14(11)18)15(21)19-5-7-20(8-6-19)25(22,23)12-2-1-9-24-12/h1-4,9H,5-8H2. The number of hydrogen-bond donors (Lipinski definition) is 0. The largest absolute Gasteiger partial charge is 0.336 e. The Hall–Kier alpha value is -1.91. The Morgan fingerprint density at radius 2 is 1.68 bits per heavy atom. The number of benzene rings is 1. The van der Waals surface area contributed by atoms with Crippen LogP contribution in [0.15, 0.2) is 33.9 Å². The van der Waals surface area contributed by atoms with E-state index < -0.39 is 38.9 Å². The number of amides is 1. The number of sulfonamides is 1. The second-order valence-corrected chi connectivity index (χ2v) is 8.46. The lowest BCUT2D eigenvalue weighted by Crippen LogP contribution is -2.50. The molecule has 1 aromatic heterocycles. The first-order valence-corrected chi connectivity index (χ1v) is 9.61. The number of carbonyl (C=O) groups is 1. The monoisotopic (exact) mass is 390 g/mol. The molecule has 1 amide bonds. The maximum Gasteiger partial charge on any atom is 0.257 e. The molecule has 0 N–H and O–H groups in total. The predicted molar refractivity (Wildman–Crippen MR) is 85.3 cm³/mol. The Bertz CT molecular complexity index is 893. The number of thiophene rings is 1. The lowest BCUT2D eigenvalue weighted by Gasteiger charge is -2.33. The topological polar surface area (TPSA) is 57.7 Å². The van der Waals surface area contributed by atoms with Gasteiger partial charge in [0.15, 0.2) is 17.5 Å². The second kappa shape index (κ2) is 6.77. The molecule has 10 heteroatoms. The van der Waals surface area contributed by atoms with Gasteiger partial charge in [0.05, 0.1) is 5.56 Å². The normalized spacial score (nSPS) is 16.2. The van der Waals surface area contributed by atoms with E-state index in [0.717, 1.165) is 17.4 Å². The molecule has 1 saturated heterocycles. The Morgan fingerprint density at radius 3 is 2.28 bits per heavy atom. The van der Waals surface area contributed by atoms with Gasteiger partial charge in [-0.25, -0.2) is 21.6 Å². The molecule has 1 aromatic carbocycles. The van der Waals surface area contributed by atoms with Crippen molar-refractivity contribution in [2.24, 2.45) is 0 Å². The van der Waals surface area contributed by atoms with Crippen molar-refractivity contribution in [1.29, 1.82) is 0 Å². The first kappa shape index (κ1) is 17.9. The van der Waals surface area contributed by atoms with E-state index in [2.05, 4.69) is 0 Å². The molecule has 0 aliphatic carbocycles. The van der Waals surface area contributed by atoms with Crippen LogP contribution in [0.25, 0.3) is 0 Å². The van der Waals surface area contributed by atoms with Crippen molar-refractivity contribution >= 4 is 27.3 Å². The van der Waals surface area contributed by atoms with E-state index in [4.69, 9.17) is 0 Å². The molecule has 1 aliphatic heterocycles. The zero-order valence-electron chi connectivity index (χ0n) is 12.8. The van der Waals surface area contributed by atoms with Gasteiger partial charge in [-0.3, -0.25) is 4.79 Å². The Balaban J connectivity index is 1.73. The van der Waals surface area contributed by atoms with E-state index in [1.54, 1.807) is 11.4 Å². The predicted octanol–water partition coefficient (Wildman–Crippen LogP) is 2.31. The molecule has 2 aromatic rings. The van der Waals surface area contributed by atoms with Gasteiger partial charge in [-0.05, 0) is 23.6 Å². The molecule has 0 radical (unpaired) electrons. The van der Waals surface area contributed by atoms with Gasteiger partial charge >= 0.3 is 0 Å². The number of carbonyl (C=O) groups excluding carboxylic acids is 1. The molecule has 0 atom stereocenters. The third-order valence-corrected chi connectivity index (χ3v) is 7.15. The van der Waals surface area contributed by atoms with Crippen LogP contribution in [0.5, 0.6) is 0 Å². The van der Waals surface area contributed by atoms with Crippen LogP contribution in [0.1, 0.15) is 10.4 Å². The number of halogens is 3. The molecule has 1 fully saturated rings. The third kappa shape index (κ3) is 3.29. The molecule has 0 spiro atoms. The van der Waals surface area contributed by atoms with E-state index in [9.17, 15) is 26.4 Å². The smallest absolute Gasteiger partial charge is 0.257 e. The van der Waals surface area contributed by atoms with Crippen LogP contribution in [0.3, 0.4) is 0 Å². The van der Waals surface area contributed by atoms with Crippen molar-refractivity contribution in [3.05, 3.63) is 52.7 Å². The first-order chi connectivity index (χ1) is 11.8. The van der Waals surface area contributed by atoms with Gasteiger partial charge in [0.1, 0.15) is 4.21 Å². The van der Waals surface area contributed by atoms with Crippen molar-refractivity contribution < 1.29 is 26.4 Å². The SMILES string of the molecule is O=C(c1ccc(F)c(F)c1F)N1CCN(S(=O)(=O)c2cccs2)CC1. The highest BCUT2D eigenvalue weighted by Crippen LogP contribution is 2.23. The highest BCUT2D eigenvalue weighted by atomic mass is 32.2. The maximum atomic E-state index is 13.8. The summed E-state index contributed by atoms with van der Waals surface area (Å²) >= 11 is 1.10. The molecule has 134 valence electrons. The number of rotatable bonds is 3. The molecule has 0 bridgehead atoms. The van der Waals surface area contributed by atoms with E-state index >= 15 is 0 Å². The molecular formula is C15H13F3N2O3S2. The second-order valence-electron chi connectivity index (χ2n) is 5.35. The maximum absolute atomic E-state index is 13.8. The summed E-state index contributed by atoms with van der Waals surface area (Å²) in [5.74, 6) is -5.42. The fourth-order valence-electron chi connectivity index (χ4n) is 2.53. The molecule has 3 rings (SSSR count). The minimum absolute atomic E-state index is 0.0296. The van der Waals surface area contributed by atoms with Gasteiger partial charge in [0, 0.05) is 26.2 Å². The molecule has 5 nitrogen and oxygen atoms in total. The van der Waals surface area contributed by atoms with Gasteiger partial charge in [-0.15, -0.1) is 11.3 Å². The van der Waals surface area contributed by atoms with Crippen LogP contribution in [0, 0.1) is 17.5 Å². The van der Waals surface area contributed by atoms with Crippen molar-refractivity contribution in [3.8, 4) is 0 Å². The molecule has 0 saturated carbocycles. The van der Waals surface area contributed by atoms with Crippen molar-refractivity contribution in [2.45, 2.75) is 4.21 Å². The first-order valence-electron chi connectivity index (χ1n) is 7.29. The van der Waals surface area contributed by atoms with Crippen LogP contribution in [0.2, 0.25) is 0 Å². The summed E-state index contributed by atoms with van der Waals surface area (Å²) in [6, 6.07) is 4.69. The summed E-state index contributed by atoms with van der Waals surface area (Å²) in [6.45, 7) is 0.137. The van der Waals surface area contributed by atoms with Gasteiger partial charge in [-0.2, -0.15) is 4.31 Å². The highest BCUT2D eigenvalue weighted by Gasteiger charge is 2.32. The molecule has 0 unspecified atom stereocenters. The quantitative estimate of drug-likeness (QED) is 0.756. The minimum atomic E-state index is -3.62. The molecule has 2 heterocycles. The Labute approximate surface area is 146 Å².